The van der Waals surface area contributed by atoms with Gasteiger partial charge in [-0.3, -0.25) is 9.59 Å². The molecule has 2 aromatic carbocycles. The topological polar surface area (TPSA) is 61.9 Å². The van der Waals surface area contributed by atoms with Gasteiger partial charge in [-0.25, -0.2) is 0 Å². The molecule has 1 heterocycles. The van der Waals surface area contributed by atoms with Gasteiger partial charge in [-0.2, -0.15) is 0 Å². The summed E-state index contributed by atoms with van der Waals surface area (Å²) in [4.78, 5) is 28.5. The normalized spacial score (nSPS) is 14.6. The number of para-hydroxylation sites is 1. The maximum atomic E-state index is 12.3. The SMILES string of the molecule is CCN1CCN(C(=O)CC(=O)Nc2ccc(Oc3ccccc3)cc2)CC1. The van der Waals surface area contributed by atoms with Gasteiger partial charge in [-0.1, -0.05) is 25.1 Å². The Morgan fingerprint density at radius 3 is 2.19 bits per heavy atom. The Labute approximate surface area is 159 Å². The molecule has 1 fully saturated rings. The Balaban J connectivity index is 1.47. The maximum absolute atomic E-state index is 12.3. The van der Waals surface area contributed by atoms with Crippen molar-refractivity contribution in [2.45, 2.75) is 13.3 Å². The fourth-order valence-electron chi connectivity index (χ4n) is 3.00. The number of carbonyl (C=O) groups is 2. The molecule has 0 spiro atoms. The molecule has 0 unspecified atom stereocenters. The highest BCUT2D eigenvalue weighted by Crippen LogP contribution is 2.22. The number of ether oxygens (including phenoxy) is 1. The highest BCUT2D eigenvalue weighted by Gasteiger charge is 2.22. The molecule has 2 amide bonds. The first-order chi connectivity index (χ1) is 13.1. The number of carbonyl (C=O) groups excluding carboxylic acids is 2. The van der Waals surface area contributed by atoms with Crippen LogP contribution in [0.3, 0.4) is 0 Å². The van der Waals surface area contributed by atoms with Crippen molar-refractivity contribution in [1.82, 2.24) is 9.80 Å². The van der Waals surface area contributed by atoms with Crippen molar-refractivity contribution in [2.24, 2.45) is 0 Å². The quantitative estimate of drug-likeness (QED) is 0.798. The second kappa shape index (κ2) is 9.19. The van der Waals surface area contributed by atoms with Gasteiger partial charge in [0.2, 0.25) is 11.8 Å². The molecule has 0 saturated carbocycles. The fourth-order valence-corrected chi connectivity index (χ4v) is 3.00. The highest BCUT2D eigenvalue weighted by atomic mass is 16.5. The summed E-state index contributed by atoms with van der Waals surface area (Å²) >= 11 is 0. The predicted octanol–water partition coefficient (Wildman–Crippen LogP) is 2.97. The standard InChI is InChI=1S/C21H25N3O3/c1-2-23-12-14-24(15-13-23)21(26)16-20(25)22-17-8-10-19(11-9-17)27-18-6-4-3-5-7-18/h3-11H,2,12-16H2,1H3,(H,22,25). The van der Waals surface area contributed by atoms with E-state index in [-0.39, 0.29) is 18.2 Å². The van der Waals surface area contributed by atoms with Crippen LogP contribution in [0.4, 0.5) is 5.69 Å². The number of amides is 2. The van der Waals surface area contributed by atoms with E-state index in [0.717, 1.165) is 25.4 Å². The molecule has 1 saturated heterocycles. The lowest BCUT2D eigenvalue weighted by Crippen LogP contribution is -2.49. The highest BCUT2D eigenvalue weighted by molar-refractivity contribution is 6.03. The molecule has 0 aromatic heterocycles. The van der Waals surface area contributed by atoms with Crippen molar-refractivity contribution in [1.29, 1.82) is 0 Å². The molecule has 6 nitrogen and oxygen atoms in total. The number of likely N-dealkylation sites (N-methyl/N-ethyl adjacent to an activating group) is 1. The number of anilines is 1. The molecule has 142 valence electrons. The minimum absolute atomic E-state index is 0.118. The maximum Gasteiger partial charge on any atom is 0.233 e. The Hall–Kier alpha value is -2.86. The average Bonchev–Trinajstić information content (AvgIpc) is 2.70. The third-order valence-electron chi connectivity index (χ3n) is 4.60. The van der Waals surface area contributed by atoms with Crippen molar-refractivity contribution in [3.8, 4) is 11.5 Å². The number of rotatable bonds is 6. The van der Waals surface area contributed by atoms with Gasteiger partial charge in [0.05, 0.1) is 0 Å². The Morgan fingerprint density at radius 2 is 1.56 bits per heavy atom. The van der Waals surface area contributed by atoms with Crippen LogP contribution < -0.4 is 10.1 Å². The van der Waals surface area contributed by atoms with Crippen molar-refractivity contribution in [2.75, 3.05) is 38.0 Å². The molecule has 0 bridgehead atoms. The number of nitrogens with one attached hydrogen (secondary N) is 1. The summed E-state index contributed by atoms with van der Waals surface area (Å²) in [6.07, 6.45) is -0.131. The van der Waals surface area contributed by atoms with E-state index in [2.05, 4.69) is 17.1 Å². The van der Waals surface area contributed by atoms with Gasteiger partial charge in [0.15, 0.2) is 0 Å². The zero-order valence-electron chi connectivity index (χ0n) is 15.6. The first-order valence-corrected chi connectivity index (χ1v) is 9.27. The molecule has 6 heteroatoms. The monoisotopic (exact) mass is 367 g/mol. The minimum atomic E-state index is -0.297. The smallest absolute Gasteiger partial charge is 0.233 e. The van der Waals surface area contributed by atoms with Crippen LogP contribution >= 0.6 is 0 Å². The molecule has 1 N–H and O–H groups in total. The van der Waals surface area contributed by atoms with E-state index in [9.17, 15) is 9.59 Å². The summed E-state index contributed by atoms with van der Waals surface area (Å²) < 4.78 is 5.72. The van der Waals surface area contributed by atoms with Crippen LogP contribution in [0.25, 0.3) is 0 Å². The summed E-state index contributed by atoms with van der Waals surface area (Å²) in [5.74, 6) is 1.02. The van der Waals surface area contributed by atoms with Gasteiger partial charge in [0.1, 0.15) is 17.9 Å². The van der Waals surface area contributed by atoms with Gasteiger partial charge < -0.3 is 19.9 Å². The third-order valence-corrected chi connectivity index (χ3v) is 4.60. The van der Waals surface area contributed by atoms with Crippen LogP contribution in [-0.2, 0) is 9.59 Å². The molecular formula is C21H25N3O3. The predicted molar refractivity (Wildman–Crippen MR) is 105 cm³/mol. The molecule has 2 aromatic rings. The van der Waals surface area contributed by atoms with E-state index in [1.165, 1.54) is 0 Å². The Bertz CT molecular complexity index is 754. The van der Waals surface area contributed by atoms with Crippen LogP contribution in [-0.4, -0.2) is 54.3 Å². The molecule has 0 radical (unpaired) electrons. The summed E-state index contributed by atoms with van der Waals surface area (Å²) in [7, 11) is 0. The van der Waals surface area contributed by atoms with E-state index < -0.39 is 0 Å². The second-order valence-corrected chi connectivity index (χ2v) is 6.48. The van der Waals surface area contributed by atoms with E-state index in [4.69, 9.17) is 4.74 Å². The molecule has 0 atom stereocenters. The third kappa shape index (κ3) is 5.56. The Morgan fingerprint density at radius 1 is 0.926 bits per heavy atom. The summed E-state index contributed by atoms with van der Waals surface area (Å²) in [6.45, 7) is 6.21. The zero-order chi connectivity index (χ0) is 19.1. The lowest BCUT2D eigenvalue weighted by Gasteiger charge is -2.33. The largest absolute Gasteiger partial charge is 0.457 e. The minimum Gasteiger partial charge on any atom is -0.457 e. The van der Waals surface area contributed by atoms with E-state index in [0.29, 0.717) is 24.5 Å². The average molecular weight is 367 g/mol. The van der Waals surface area contributed by atoms with Crippen molar-refractivity contribution in [3.63, 3.8) is 0 Å². The molecule has 1 aliphatic heterocycles. The second-order valence-electron chi connectivity index (χ2n) is 6.48. The van der Waals surface area contributed by atoms with Crippen molar-refractivity contribution < 1.29 is 14.3 Å². The first kappa shape index (κ1) is 18.9. The number of hydrogen-bond acceptors (Lipinski definition) is 4. The summed E-state index contributed by atoms with van der Waals surface area (Å²) in [5.41, 5.74) is 0.643. The van der Waals surface area contributed by atoms with Crippen LogP contribution in [0, 0.1) is 0 Å². The zero-order valence-corrected chi connectivity index (χ0v) is 15.6. The van der Waals surface area contributed by atoms with Gasteiger partial charge in [-0.15, -0.1) is 0 Å². The van der Waals surface area contributed by atoms with Gasteiger partial charge in [0.25, 0.3) is 0 Å². The lowest BCUT2D eigenvalue weighted by molar-refractivity contribution is -0.136. The number of nitrogens with zero attached hydrogens (tertiary/aromatic N) is 2. The molecule has 0 aliphatic carbocycles. The van der Waals surface area contributed by atoms with Gasteiger partial charge >= 0.3 is 0 Å². The van der Waals surface area contributed by atoms with E-state index in [1.807, 2.05) is 30.3 Å². The van der Waals surface area contributed by atoms with Crippen LogP contribution in [0.5, 0.6) is 11.5 Å². The molecule has 1 aliphatic rings. The Kier molecular flexibility index (Phi) is 6.44. The van der Waals surface area contributed by atoms with Gasteiger partial charge in [-0.05, 0) is 42.9 Å². The number of benzene rings is 2. The lowest BCUT2D eigenvalue weighted by atomic mass is 10.2. The van der Waals surface area contributed by atoms with Crippen molar-refractivity contribution >= 4 is 17.5 Å². The van der Waals surface area contributed by atoms with Crippen LogP contribution in [0.15, 0.2) is 54.6 Å². The first-order valence-electron chi connectivity index (χ1n) is 9.27. The van der Waals surface area contributed by atoms with Crippen molar-refractivity contribution in [3.05, 3.63) is 54.6 Å². The summed E-state index contributed by atoms with van der Waals surface area (Å²) in [6, 6.07) is 16.6. The van der Waals surface area contributed by atoms with E-state index >= 15 is 0 Å². The molecule has 3 rings (SSSR count). The summed E-state index contributed by atoms with van der Waals surface area (Å²) in [5, 5.41) is 2.77. The molecule has 27 heavy (non-hydrogen) atoms. The molecular weight excluding hydrogens is 342 g/mol. The fraction of sp³-hybridized carbons (Fsp3) is 0.333. The van der Waals surface area contributed by atoms with E-state index in [1.54, 1.807) is 29.2 Å². The van der Waals surface area contributed by atoms with Crippen LogP contribution in [0.1, 0.15) is 13.3 Å². The van der Waals surface area contributed by atoms with Crippen LogP contribution in [0.2, 0.25) is 0 Å². The van der Waals surface area contributed by atoms with Gasteiger partial charge in [0, 0.05) is 31.9 Å². The number of hydrogen-bond donors (Lipinski definition) is 1. The number of piperazine rings is 1.